The van der Waals surface area contributed by atoms with E-state index < -0.39 is 0 Å². The van der Waals surface area contributed by atoms with Gasteiger partial charge in [0.1, 0.15) is 6.29 Å². The molecular weight excluding hydrogens is 274 g/mol. The van der Waals surface area contributed by atoms with E-state index in [1.165, 1.54) is 77.3 Å². The molecule has 0 atom stereocenters. The van der Waals surface area contributed by atoms with E-state index in [1.54, 1.807) is 19.4 Å². The minimum Gasteiger partial charge on any atom is -0.313 e. The van der Waals surface area contributed by atoms with Crippen molar-refractivity contribution in [1.82, 2.24) is 0 Å². The van der Waals surface area contributed by atoms with Crippen molar-refractivity contribution < 1.29 is 4.79 Å². The molecule has 3 N–H and O–H groups in total. The SMILES string of the molecule is CC=N.CC=O.N=CC1CCCCC1.N=CC1CCCCC1. The molecule has 0 amide bonds. The van der Waals surface area contributed by atoms with E-state index >= 15 is 0 Å². The first-order valence-corrected chi connectivity index (χ1v) is 8.56. The van der Waals surface area contributed by atoms with E-state index in [-0.39, 0.29) is 0 Å². The first kappa shape index (κ1) is 23.0. The molecule has 0 aromatic rings. The minimum atomic E-state index is 0.628. The first-order chi connectivity index (χ1) is 10.7. The lowest BCUT2D eigenvalue weighted by Crippen LogP contribution is -2.05. The van der Waals surface area contributed by atoms with Crippen LogP contribution in [0, 0.1) is 28.1 Å². The molecule has 0 spiro atoms. The minimum absolute atomic E-state index is 0.628. The van der Waals surface area contributed by atoms with Gasteiger partial charge in [-0.25, -0.2) is 0 Å². The highest BCUT2D eigenvalue weighted by Gasteiger charge is 2.09. The second-order valence-corrected chi connectivity index (χ2v) is 5.65. The molecule has 2 aliphatic carbocycles. The van der Waals surface area contributed by atoms with Crippen LogP contribution in [0.1, 0.15) is 78.1 Å². The molecule has 0 radical (unpaired) electrons. The van der Waals surface area contributed by atoms with Crippen LogP contribution in [0.5, 0.6) is 0 Å². The maximum absolute atomic E-state index is 8.81. The summed E-state index contributed by atoms with van der Waals surface area (Å²) in [7, 11) is 0. The van der Waals surface area contributed by atoms with Crippen LogP contribution in [-0.2, 0) is 4.79 Å². The molecule has 128 valence electrons. The van der Waals surface area contributed by atoms with E-state index in [2.05, 4.69) is 0 Å². The zero-order chi connectivity index (χ0) is 17.1. The van der Waals surface area contributed by atoms with Crippen LogP contribution < -0.4 is 0 Å². The van der Waals surface area contributed by atoms with Crippen molar-refractivity contribution in [3.63, 3.8) is 0 Å². The van der Waals surface area contributed by atoms with Crippen LogP contribution in [0.15, 0.2) is 0 Å². The smallest absolute Gasteiger partial charge is 0.116 e. The van der Waals surface area contributed by atoms with Gasteiger partial charge in [-0.1, -0.05) is 38.5 Å². The predicted molar refractivity (Wildman–Crippen MR) is 96.9 cm³/mol. The highest BCUT2D eigenvalue weighted by Crippen LogP contribution is 2.21. The molecule has 0 heterocycles. The fourth-order valence-corrected chi connectivity index (χ4v) is 2.60. The Morgan fingerprint density at radius 3 is 1.05 bits per heavy atom. The van der Waals surface area contributed by atoms with Gasteiger partial charge < -0.3 is 21.0 Å². The molecule has 0 aliphatic heterocycles. The zero-order valence-corrected chi connectivity index (χ0v) is 14.4. The first-order valence-electron chi connectivity index (χ1n) is 8.56. The van der Waals surface area contributed by atoms with Crippen LogP contribution in [0.25, 0.3) is 0 Å². The van der Waals surface area contributed by atoms with Gasteiger partial charge in [-0.05, 0) is 70.0 Å². The van der Waals surface area contributed by atoms with Crippen LogP contribution in [0.4, 0.5) is 0 Å². The molecule has 22 heavy (non-hydrogen) atoms. The molecule has 0 bridgehead atoms. The maximum Gasteiger partial charge on any atom is 0.116 e. The highest BCUT2D eigenvalue weighted by molar-refractivity contribution is 5.57. The van der Waals surface area contributed by atoms with Gasteiger partial charge in [0.25, 0.3) is 0 Å². The topological polar surface area (TPSA) is 88.6 Å². The Kier molecular flexibility index (Phi) is 20.5. The van der Waals surface area contributed by atoms with Gasteiger partial charge in [0.05, 0.1) is 0 Å². The quantitative estimate of drug-likeness (QED) is 0.469. The summed E-state index contributed by atoms with van der Waals surface area (Å²) in [4.78, 5) is 8.81. The number of rotatable bonds is 2. The van der Waals surface area contributed by atoms with Crippen molar-refractivity contribution in [3.8, 4) is 0 Å². The van der Waals surface area contributed by atoms with Crippen LogP contribution in [0.2, 0.25) is 0 Å². The van der Waals surface area contributed by atoms with Crippen molar-refractivity contribution in [2.75, 3.05) is 0 Å². The molecule has 0 saturated heterocycles. The average molecular weight is 309 g/mol. The average Bonchev–Trinajstić information content (AvgIpc) is 2.58. The maximum atomic E-state index is 8.81. The van der Waals surface area contributed by atoms with Gasteiger partial charge >= 0.3 is 0 Å². The Hall–Kier alpha value is -1.32. The lowest BCUT2D eigenvalue weighted by molar-refractivity contribution is -0.106. The molecule has 0 aromatic carbocycles. The molecule has 2 aliphatic rings. The Morgan fingerprint density at radius 1 is 0.682 bits per heavy atom. The standard InChI is InChI=1S/2C7H13N.C2H5N.C2H4O/c2*8-6-7-4-2-1-3-5-7;2*1-2-3/h2*6-8H,1-5H2;2-3H,1H3;2H,1H3. The lowest BCUT2D eigenvalue weighted by Gasteiger charge is -2.15. The number of carbonyl (C=O) groups excluding carboxylic acids is 1. The number of aldehydes is 1. The summed E-state index contributed by atoms with van der Waals surface area (Å²) >= 11 is 0. The lowest BCUT2D eigenvalue weighted by atomic mass is 9.90. The summed E-state index contributed by atoms with van der Waals surface area (Å²) in [6.07, 6.45) is 18.5. The van der Waals surface area contributed by atoms with E-state index in [0.29, 0.717) is 11.8 Å². The third-order valence-electron chi connectivity index (χ3n) is 3.77. The van der Waals surface area contributed by atoms with Crippen molar-refractivity contribution >= 4 is 24.9 Å². The van der Waals surface area contributed by atoms with Crippen molar-refractivity contribution in [2.24, 2.45) is 11.8 Å². The van der Waals surface area contributed by atoms with Crippen LogP contribution in [0.3, 0.4) is 0 Å². The Balaban J connectivity index is 0. The van der Waals surface area contributed by atoms with Crippen molar-refractivity contribution in [3.05, 3.63) is 0 Å². The molecule has 2 rings (SSSR count). The van der Waals surface area contributed by atoms with E-state index in [0.717, 1.165) is 6.29 Å². The second kappa shape index (κ2) is 19.7. The molecular formula is C18H35N3O. The van der Waals surface area contributed by atoms with Gasteiger partial charge in [-0.2, -0.15) is 0 Å². The van der Waals surface area contributed by atoms with Crippen LogP contribution in [-0.4, -0.2) is 24.9 Å². The number of hydrogen-bond donors (Lipinski definition) is 3. The van der Waals surface area contributed by atoms with Gasteiger partial charge in [0.15, 0.2) is 0 Å². The summed E-state index contributed by atoms with van der Waals surface area (Å²) in [5, 5.41) is 20.0. The van der Waals surface area contributed by atoms with E-state index in [4.69, 9.17) is 21.0 Å². The Labute approximate surface area is 136 Å². The third-order valence-corrected chi connectivity index (χ3v) is 3.77. The fraction of sp³-hybridized carbons (Fsp3) is 0.778. The highest BCUT2D eigenvalue weighted by atomic mass is 16.1. The summed E-state index contributed by atoms with van der Waals surface area (Å²) in [5.74, 6) is 1.26. The second-order valence-electron chi connectivity index (χ2n) is 5.65. The van der Waals surface area contributed by atoms with Crippen molar-refractivity contribution in [2.45, 2.75) is 78.1 Å². The largest absolute Gasteiger partial charge is 0.313 e. The number of hydrogen-bond acceptors (Lipinski definition) is 4. The Bertz CT molecular complexity index is 240. The van der Waals surface area contributed by atoms with Crippen LogP contribution >= 0.6 is 0 Å². The predicted octanol–water partition coefficient (Wildman–Crippen LogP) is 5.29. The number of carbonyl (C=O) groups is 1. The molecule has 2 fully saturated rings. The van der Waals surface area contributed by atoms with Gasteiger partial charge in [0, 0.05) is 0 Å². The van der Waals surface area contributed by atoms with E-state index in [9.17, 15) is 0 Å². The molecule has 2 saturated carbocycles. The summed E-state index contributed by atoms with van der Waals surface area (Å²) in [5.41, 5.74) is 0. The molecule has 0 unspecified atom stereocenters. The van der Waals surface area contributed by atoms with Crippen molar-refractivity contribution in [1.29, 1.82) is 16.2 Å². The van der Waals surface area contributed by atoms with E-state index in [1.807, 2.05) is 0 Å². The Morgan fingerprint density at radius 2 is 0.909 bits per heavy atom. The van der Waals surface area contributed by atoms with Gasteiger partial charge in [0.2, 0.25) is 0 Å². The normalized spacial score (nSPS) is 17.9. The monoisotopic (exact) mass is 309 g/mol. The summed E-state index contributed by atoms with van der Waals surface area (Å²) in [6, 6.07) is 0. The molecule has 4 heteroatoms. The third kappa shape index (κ3) is 16.7. The fourth-order valence-electron chi connectivity index (χ4n) is 2.60. The summed E-state index contributed by atoms with van der Waals surface area (Å²) < 4.78 is 0. The number of nitrogens with one attached hydrogen (secondary N) is 3. The van der Waals surface area contributed by atoms with Gasteiger partial charge in [-0.3, -0.25) is 0 Å². The molecule has 0 aromatic heterocycles. The summed E-state index contributed by atoms with van der Waals surface area (Å²) in [6.45, 7) is 3.11. The molecule has 4 nitrogen and oxygen atoms in total. The zero-order valence-electron chi connectivity index (χ0n) is 14.4. The van der Waals surface area contributed by atoms with Gasteiger partial charge in [-0.15, -0.1) is 0 Å².